The summed E-state index contributed by atoms with van der Waals surface area (Å²) in [4.78, 5) is 20.1. The molecule has 3 aromatic carbocycles. The summed E-state index contributed by atoms with van der Waals surface area (Å²) in [7, 11) is 0. The molecule has 0 radical (unpaired) electrons. The van der Waals surface area contributed by atoms with E-state index >= 15 is 0 Å². The molecule has 170 valence electrons. The normalized spacial score (nSPS) is 19.7. The minimum Gasteiger partial charge on any atom is -0.508 e. The molecule has 6 nitrogen and oxygen atoms in total. The van der Waals surface area contributed by atoms with E-state index in [0.29, 0.717) is 11.8 Å². The first-order valence-corrected chi connectivity index (χ1v) is 11.6. The zero-order valence-electron chi connectivity index (χ0n) is 18.9. The van der Waals surface area contributed by atoms with Crippen molar-refractivity contribution in [2.75, 3.05) is 42.5 Å². The quantitative estimate of drug-likeness (QED) is 0.629. The van der Waals surface area contributed by atoms with Crippen LogP contribution in [-0.4, -0.2) is 54.7 Å². The Hall–Kier alpha value is -3.51. The monoisotopic (exact) mass is 442 g/mol. The molecule has 0 aliphatic carbocycles. The number of phenolic OH excluding ortho intramolecular Hbond substituents is 1. The van der Waals surface area contributed by atoms with Crippen molar-refractivity contribution in [3.05, 3.63) is 90.0 Å². The van der Waals surface area contributed by atoms with E-state index in [1.54, 1.807) is 12.1 Å². The largest absolute Gasteiger partial charge is 0.508 e. The van der Waals surface area contributed by atoms with Gasteiger partial charge in [-0.3, -0.25) is 9.69 Å². The van der Waals surface area contributed by atoms with Gasteiger partial charge in [-0.05, 0) is 48.9 Å². The average Bonchev–Trinajstić information content (AvgIpc) is 2.87. The molecule has 5 rings (SSSR count). The molecule has 2 aliphatic rings. The van der Waals surface area contributed by atoms with E-state index in [9.17, 15) is 9.90 Å². The summed E-state index contributed by atoms with van der Waals surface area (Å²) in [6.45, 7) is 6.93. The van der Waals surface area contributed by atoms with Crippen molar-refractivity contribution in [2.24, 2.45) is 0 Å². The maximum atomic E-state index is 12.8. The van der Waals surface area contributed by atoms with Crippen LogP contribution in [0.5, 0.6) is 5.75 Å². The summed E-state index contributed by atoms with van der Waals surface area (Å²) < 4.78 is 0. The summed E-state index contributed by atoms with van der Waals surface area (Å²) in [5.41, 5.74) is 3.96. The molecule has 2 N–H and O–H groups in total. The van der Waals surface area contributed by atoms with Crippen LogP contribution in [0, 0.1) is 0 Å². The number of hydrogen-bond donors (Lipinski definition) is 2. The van der Waals surface area contributed by atoms with Gasteiger partial charge in [-0.2, -0.15) is 0 Å². The lowest BCUT2D eigenvalue weighted by atomic mass is 10.0. The fourth-order valence-electron chi connectivity index (χ4n) is 4.92. The second kappa shape index (κ2) is 9.16. The van der Waals surface area contributed by atoms with E-state index in [1.165, 1.54) is 0 Å². The summed E-state index contributed by atoms with van der Waals surface area (Å²) >= 11 is 0. The van der Waals surface area contributed by atoms with Gasteiger partial charge in [0, 0.05) is 44.5 Å². The molecule has 0 spiro atoms. The van der Waals surface area contributed by atoms with Crippen LogP contribution in [0.1, 0.15) is 29.0 Å². The third kappa shape index (κ3) is 4.39. The third-order valence-electron chi connectivity index (χ3n) is 6.77. The summed E-state index contributed by atoms with van der Waals surface area (Å²) in [5, 5.41) is 12.8. The van der Waals surface area contributed by atoms with Gasteiger partial charge in [0.25, 0.3) is 5.91 Å². The van der Waals surface area contributed by atoms with Crippen LogP contribution in [0.3, 0.4) is 0 Å². The second-order valence-electron chi connectivity index (χ2n) is 8.84. The van der Waals surface area contributed by atoms with Crippen LogP contribution in [0.2, 0.25) is 0 Å². The molecule has 1 saturated heterocycles. The molecule has 1 fully saturated rings. The molecule has 2 atom stereocenters. The lowest BCUT2D eigenvalue weighted by molar-refractivity contribution is 0.0923. The molecule has 33 heavy (non-hydrogen) atoms. The Morgan fingerprint density at radius 3 is 2.30 bits per heavy atom. The van der Waals surface area contributed by atoms with E-state index in [1.807, 2.05) is 48.5 Å². The number of benzene rings is 3. The maximum absolute atomic E-state index is 12.8. The Kier molecular flexibility index (Phi) is 5.92. The summed E-state index contributed by atoms with van der Waals surface area (Å²) in [6.07, 6.45) is -0.186. The number of amides is 1. The Bertz CT molecular complexity index is 1090. The van der Waals surface area contributed by atoms with Gasteiger partial charge in [-0.1, -0.05) is 42.5 Å². The minimum absolute atomic E-state index is 0.0223. The summed E-state index contributed by atoms with van der Waals surface area (Å²) in [6, 6.07) is 25.9. The van der Waals surface area contributed by atoms with Crippen LogP contribution in [0.15, 0.2) is 78.9 Å². The van der Waals surface area contributed by atoms with E-state index in [-0.39, 0.29) is 12.1 Å². The molecule has 0 saturated carbocycles. The van der Waals surface area contributed by atoms with Crippen molar-refractivity contribution in [1.29, 1.82) is 0 Å². The number of carbonyl (C=O) groups excluding carboxylic acids is 1. The highest BCUT2D eigenvalue weighted by Crippen LogP contribution is 2.33. The van der Waals surface area contributed by atoms with Crippen LogP contribution in [0.25, 0.3) is 0 Å². The maximum Gasteiger partial charge on any atom is 0.255 e. The zero-order valence-corrected chi connectivity index (χ0v) is 18.9. The molecule has 2 unspecified atom stereocenters. The molecule has 6 heteroatoms. The Morgan fingerprint density at radius 1 is 0.909 bits per heavy atom. The van der Waals surface area contributed by atoms with E-state index in [4.69, 9.17) is 0 Å². The van der Waals surface area contributed by atoms with Gasteiger partial charge in [0.2, 0.25) is 0 Å². The molecular weight excluding hydrogens is 412 g/mol. The van der Waals surface area contributed by atoms with Gasteiger partial charge in [0.15, 0.2) is 0 Å². The Labute approximate surface area is 195 Å². The number of anilines is 2. The molecule has 3 aromatic rings. The van der Waals surface area contributed by atoms with Crippen LogP contribution >= 0.6 is 0 Å². The van der Waals surface area contributed by atoms with Crippen molar-refractivity contribution < 1.29 is 9.90 Å². The second-order valence-corrected chi connectivity index (χ2v) is 8.84. The number of fused-ring (bicyclic) bond motifs is 1. The fourth-order valence-corrected chi connectivity index (χ4v) is 4.92. The molecule has 2 heterocycles. The first-order chi connectivity index (χ1) is 16.1. The van der Waals surface area contributed by atoms with Crippen LogP contribution in [-0.2, 0) is 0 Å². The molecule has 2 aliphatic heterocycles. The van der Waals surface area contributed by atoms with Gasteiger partial charge < -0.3 is 20.2 Å². The Balaban J connectivity index is 1.32. The lowest BCUT2D eigenvalue weighted by Gasteiger charge is -2.44. The highest BCUT2D eigenvalue weighted by Gasteiger charge is 2.33. The number of carbonyl (C=O) groups is 1. The standard InChI is InChI=1S/C27H30N4O2/c1-20(29-15-17-30(18-16-29)22-11-13-23(32)14-12-22)19-31-25-10-6-5-9-24(25)27(33)28-26(31)21-7-3-2-4-8-21/h2-14,20,26,32H,15-19H2,1H3,(H,28,33). The van der Waals surface area contributed by atoms with Gasteiger partial charge in [0.1, 0.15) is 11.9 Å². The number of rotatable bonds is 5. The smallest absolute Gasteiger partial charge is 0.255 e. The third-order valence-corrected chi connectivity index (χ3v) is 6.77. The van der Waals surface area contributed by atoms with Gasteiger partial charge in [-0.15, -0.1) is 0 Å². The minimum atomic E-state index is -0.186. The van der Waals surface area contributed by atoms with Gasteiger partial charge in [-0.25, -0.2) is 0 Å². The number of piperazine rings is 1. The molecule has 0 bridgehead atoms. The van der Waals surface area contributed by atoms with Crippen molar-refractivity contribution in [3.63, 3.8) is 0 Å². The average molecular weight is 443 g/mol. The van der Waals surface area contributed by atoms with Crippen molar-refractivity contribution in [2.45, 2.75) is 19.1 Å². The zero-order chi connectivity index (χ0) is 22.8. The first kappa shape index (κ1) is 21.3. The lowest BCUT2D eigenvalue weighted by Crippen LogP contribution is -2.55. The van der Waals surface area contributed by atoms with Crippen molar-refractivity contribution in [3.8, 4) is 5.75 Å². The number of aromatic hydroxyl groups is 1. The topological polar surface area (TPSA) is 59.1 Å². The van der Waals surface area contributed by atoms with Crippen molar-refractivity contribution in [1.82, 2.24) is 10.2 Å². The summed E-state index contributed by atoms with van der Waals surface area (Å²) in [5.74, 6) is 0.277. The molecule has 0 aromatic heterocycles. The SMILES string of the molecule is CC(CN1c2ccccc2C(=O)NC1c1ccccc1)N1CCN(c2ccc(O)cc2)CC1. The highest BCUT2D eigenvalue weighted by atomic mass is 16.3. The number of nitrogens with one attached hydrogen (secondary N) is 1. The first-order valence-electron chi connectivity index (χ1n) is 11.6. The highest BCUT2D eigenvalue weighted by molar-refractivity contribution is 6.02. The number of para-hydroxylation sites is 1. The predicted octanol–water partition coefficient (Wildman–Crippen LogP) is 3.85. The Morgan fingerprint density at radius 2 is 1.58 bits per heavy atom. The van der Waals surface area contributed by atoms with Gasteiger partial charge >= 0.3 is 0 Å². The van der Waals surface area contributed by atoms with E-state index in [0.717, 1.165) is 55.2 Å². The van der Waals surface area contributed by atoms with E-state index in [2.05, 4.69) is 45.1 Å². The fraction of sp³-hybridized carbons (Fsp3) is 0.296. The molecular formula is C27H30N4O2. The predicted molar refractivity (Wildman–Crippen MR) is 132 cm³/mol. The van der Waals surface area contributed by atoms with Crippen LogP contribution < -0.4 is 15.1 Å². The van der Waals surface area contributed by atoms with Gasteiger partial charge in [0.05, 0.1) is 11.3 Å². The number of hydrogen-bond acceptors (Lipinski definition) is 5. The van der Waals surface area contributed by atoms with Crippen LogP contribution in [0.4, 0.5) is 11.4 Å². The number of nitrogens with zero attached hydrogens (tertiary/aromatic N) is 3. The molecule has 1 amide bonds. The van der Waals surface area contributed by atoms with E-state index < -0.39 is 0 Å². The number of phenols is 1. The van der Waals surface area contributed by atoms with Crippen molar-refractivity contribution >= 4 is 17.3 Å².